The molecule has 1 aliphatic rings. The number of aromatic nitrogens is 2. The first-order valence-corrected chi connectivity index (χ1v) is 14.1. The number of sulfonamides is 1. The Bertz CT molecular complexity index is 1250. The highest BCUT2D eigenvalue weighted by Gasteiger charge is 2.46. The van der Waals surface area contributed by atoms with Gasteiger partial charge in [-0.25, -0.2) is 4.79 Å². The number of carbonyl (C=O) groups is 1. The summed E-state index contributed by atoms with van der Waals surface area (Å²) in [5.74, 6) is -0.696. The molecule has 37 heavy (non-hydrogen) atoms. The van der Waals surface area contributed by atoms with Crippen LogP contribution in [0.1, 0.15) is 68.7 Å². The Labute approximate surface area is 217 Å². The smallest absolute Gasteiger partial charge is 0.458 e. The zero-order valence-electron chi connectivity index (χ0n) is 20.9. The number of esters is 1. The van der Waals surface area contributed by atoms with Crippen molar-refractivity contribution in [1.82, 2.24) is 10.2 Å². The summed E-state index contributed by atoms with van der Waals surface area (Å²) in [5, 5.41) is 15.2. The summed E-state index contributed by atoms with van der Waals surface area (Å²) >= 11 is 0.782. The van der Waals surface area contributed by atoms with E-state index < -0.39 is 21.5 Å². The molecule has 204 valence electrons. The molecule has 1 aromatic carbocycles. The van der Waals surface area contributed by atoms with E-state index in [1.165, 1.54) is 12.1 Å². The van der Waals surface area contributed by atoms with Crippen molar-refractivity contribution >= 4 is 49.5 Å². The molecule has 1 unspecified atom stereocenters. The van der Waals surface area contributed by atoms with Crippen molar-refractivity contribution in [3.05, 3.63) is 22.7 Å². The second kappa shape index (κ2) is 11.7. The predicted octanol–water partition coefficient (Wildman–Crippen LogP) is 6.11. The Kier molecular flexibility index (Phi) is 9.10. The molecule has 1 atom stereocenters. The van der Waals surface area contributed by atoms with E-state index in [0.29, 0.717) is 18.7 Å². The third-order valence-corrected chi connectivity index (χ3v) is 7.48. The van der Waals surface area contributed by atoms with Crippen LogP contribution >= 0.6 is 11.3 Å². The molecule has 0 saturated carbocycles. The maximum Gasteiger partial charge on any atom is 0.516 e. The van der Waals surface area contributed by atoms with Crippen LogP contribution in [0.5, 0.6) is 0 Å². The van der Waals surface area contributed by atoms with Gasteiger partial charge in [-0.2, -0.15) is 21.6 Å². The maximum absolute atomic E-state index is 13.2. The average molecular weight is 563 g/mol. The molecule has 1 aliphatic heterocycles. The van der Waals surface area contributed by atoms with Crippen LogP contribution in [0, 0.1) is 0 Å². The Hall–Kier alpha value is -2.81. The maximum atomic E-state index is 13.2. The number of rotatable bonds is 10. The standard InChI is InChI=1S/C22H29F3N6O4S2/c1-5-6-7-10-31-14(4)8-9-15-11-16(17(12-18(15)31)30-37(33,34)22(23,24)25)26-28-21-29-27-19(36-21)20(32)35-13(2)3/h11-14,30H,5-10H2,1-4H3. The van der Waals surface area contributed by atoms with Gasteiger partial charge >= 0.3 is 21.5 Å². The molecule has 15 heteroatoms. The number of ether oxygens (including phenoxy) is 1. The van der Waals surface area contributed by atoms with Gasteiger partial charge in [-0.15, -0.1) is 20.4 Å². The number of carbonyl (C=O) groups excluding carboxylic acids is 1. The fourth-order valence-electron chi connectivity index (χ4n) is 3.78. The van der Waals surface area contributed by atoms with Crippen molar-refractivity contribution in [2.24, 2.45) is 10.2 Å². The number of aryl methyl sites for hydroxylation is 1. The highest BCUT2D eigenvalue weighted by molar-refractivity contribution is 7.93. The number of alkyl halides is 3. The number of nitrogens with zero attached hydrogens (tertiary/aromatic N) is 5. The fraction of sp³-hybridized carbons (Fsp3) is 0.591. The number of fused-ring (bicyclic) bond motifs is 1. The van der Waals surface area contributed by atoms with E-state index in [2.05, 4.69) is 32.2 Å². The number of azo groups is 1. The molecule has 1 N–H and O–H groups in total. The van der Waals surface area contributed by atoms with Gasteiger partial charge in [-0.3, -0.25) is 4.72 Å². The number of hydrogen-bond donors (Lipinski definition) is 1. The lowest BCUT2D eigenvalue weighted by Gasteiger charge is -2.37. The van der Waals surface area contributed by atoms with Crippen LogP contribution in [-0.4, -0.2) is 48.8 Å². The molecule has 0 fully saturated rings. The highest BCUT2D eigenvalue weighted by atomic mass is 32.2. The van der Waals surface area contributed by atoms with Crippen LogP contribution in [0.4, 0.5) is 35.4 Å². The van der Waals surface area contributed by atoms with E-state index in [9.17, 15) is 26.4 Å². The number of halogens is 3. The molecule has 0 radical (unpaired) electrons. The van der Waals surface area contributed by atoms with Gasteiger partial charge in [0.15, 0.2) is 0 Å². The van der Waals surface area contributed by atoms with Gasteiger partial charge < -0.3 is 9.64 Å². The lowest BCUT2D eigenvalue weighted by atomic mass is 9.95. The lowest BCUT2D eigenvalue weighted by molar-refractivity contribution is -0.0429. The summed E-state index contributed by atoms with van der Waals surface area (Å²) in [6.45, 7) is 8.13. The molecule has 0 bridgehead atoms. The van der Waals surface area contributed by atoms with Gasteiger partial charge in [0.05, 0.1) is 11.8 Å². The predicted molar refractivity (Wildman–Crippen MR) is 134 cm³/mol. The summed E-state index contributed by atoms with van der Waals surface area (Å²) < 4.78 is 70.1. The third kappa shape index (κ3) is 7.15. The Balaban J connectivity index is 2.00. The van der Waals surface area contributed by atoms with Crippen molar-refractivity contribution < 1.29 is 31.1 Å². The van der Waals surface area contributed by atoms with E-state index in [1.807, 2.05) is 6.92 Å². The van der Waals surface area contributed by atoms with E-state index in [1.54, 1.807) is 18.6 Å². The number of benzene rings is 1. The highest BCUT2D eigenvalue weighted by Crippen LogP contribution is 2.41. The van der Waals surface area contributed by atoms with Gasteiger partial charge in [0.25, 0.3) is 5.13 Å². The van der Waals surface area contributed by atoms with E-state index in [-0.39, 0.29) is 33.7 Å². The molecular weight excluding hydrogens is 533 g/mol. The number of nitrogens with one attached hydrogen (secondary N) is 1. The van der Waals surface area contributed by atoms with Crippen molar-refractivity contribution in [1.29, 1.82) is 0 Å². The van der Waals surface area contributed by atoms with Crippen LogP contribution in [0.15, 0.2) is 22.4 Å². The van der Waals surface area contributed by atoms with Gasteiger partial charge in [0, 0.05) is 18.3 Å². The first-order chi connectivity index (χ1) is 17.3. The first-order valence-electron chi connectivity index (χ1n) is 11.8. The van der Waals surface area contributed by atoms with E-state index >= 15 is 0 Å². The molecule has 2 aromatic rings. The second-order valence-electron chi connectivity index (χ2n) is 8.88. The Morgan fingerprint density at radius 3 is 2.65 bits per heavy atom. The van der Waals surface area contributed by atoms with Gasteiger partial charge in [0.2, 0.25) is 5.01 Å². The van der Waals surface area contributed by atoms with Crippen molar-refractivity contribution in [3.8, 4) is 0 Å². The minimum Gasteiger partial charge on any atom is -0.458 e. The van der Waals surface area contributed by atoms with E-state index in [4.69, 9.17) is 4.74 Å². The van der Waals surface area contributed by atoms with Crippen LogP contribution in [0.3, 0.4) is 0 Å². The van der Waals surface area contributed by atoms with Gasteiger partial charge in [0.1, 0.15) is 5.69 Å². The molecule has 1 aromatic heterocycles. The number of anilines is 2. The minimum absolute atomic E-state index is 0.0483. The Morgan fingerprint density at radius 2 is 2.00 bits per heavy atom. The molecule has 0 saturated heterocycles. The minimum atomic E-state index is -5.71. The van der Waals surface area contributed by atoms with Crippen LogP contribution < -0.4 is 9.62 Å². The zero-order valence-corrected chi connectivity index (χ0v) is 22.5. The second-order valence-corrected chi connectivity index (χ2v) is 11.5. The largest absolute Gasteiger partial charge is 0.516 e. The summed E-state index contributed by atoms with van der Waals surface area (Å²) in [5.41, 5.74) is -4.52. The monoisotopic (exact) mass is 562 g/mol. The SMILES string of the molecule is CCCCCN1c2cc(NS(=O)(=O)C(F)(F)F)c(N=Nc3nnc(C(=O)OC(C)C)s3)cc2CCC1C. The van der Waals surface area contributed by atoms with Crippen LogP contribution in [0.2, 0.25) is 0 Å². The summed E-state index contributed by atoms with van der Waals surface area (Å²) in [4.78, 5) is 14.1. The average Bonchev–Trinajstić information content (AvgIpc) is 3.27. The van der Waals surface area contributed by atoms with Gasteiger partial charge in [-0.1, -0.05) is 31.1 Å². The zero-order chi connectivity index (χ0) is 27.4. The molecule has 0 amide bonds. The first kappa shape index (κ1) is 28.8. The quantitative estimate of drug-likeness (QED) is 0.210. The van der Waals surface area contributed by atoms with Crippen molar-refractivity contribution in [3.63, 3.8) is 0 Å². The summed E-state index contributed by atoms with van der Waals surface area (Å²) in [6, 6.07) is 3.04. The van der Waals surface area contributed by atoms with Crippen molar-refractivity contribution in [2.75, 3.05) is 16.2 Å². The molecular formula is C22H29F3N6O4S2. The van der Waals surface area contributed by atoms with E-state index in [0.717, 1.165) is 42.6 Å². The Morgan fingerprint density at radius 1 is 1.27 bits per heavy atom. The molecule has 0 spiro atoms. The number of hydrogen-bond acceptors (Lipinski definition) is 10. The van der Waals surface area contributed by atoms with Crippen molar-refractivity contribution in [2.45, 2.75) is 77.5 Å². The van der Waals surface area contributed by atoms with Crippen LogP contribution in [-0.2, 0) is 21.2 Å². The van der Waals surface area contributed by atoms with Crippen LogP contribution in [0.25, 0.3) is 0 Å². The lowest BCUT2D eigenvalue weighted by Crippen LogP contribution is -2.38. The fourth-order valence-corrected chi connectivity index (χ4v) is 4.90. The summed E-state index contributed by atoms with van der Waals surface area (Å²) in [6.07, 6.45) is 3.98. The third-order valence-electron chi connectivity index (χ3n) is 5.60. The topological polar surface area (TPSA) is 126 Å². The molecule has 0 aliphatic carbocycles. The summed E-state index contributed by atoms with van der Waals surface area (Å²) in [7, 11) is -5.71. The normalized spacial score (nSPS) is 16.3. The number of unbranched alkanes of at least 4 members (excludes halogenated alkanes) is 2. The molecule has 10 nitrogen and oxygen atoms in total. The van der Waals surface area contributed by atoms with Gasteiger partial charge in [-0.05, 0) is 57.7 Å². The molecule has 3 rings (SSSR count). The molecule has 2 heterocycles.